The van der Waals surface area contributed by atoms with Crippen LogP contribution in [0.5, 0.6) is 5.75 Å². The van der Waals surface area contributed by atoms with Crippen molar-refractivity contribution in [2.75, 3.05) is 0 Å². The van der Waals surface area contributed by atoms with Gasteiger partial charge < -0.3 is 10.1 Å². The summed E-state index contributed by atoms with van der Waals surface area (Å²) in [6.07, 6.45) is 0.222. The average molecular weight is 269 g/mol. The Hall–Kier alpha value is -1.80. The predicted octanol–water partition coefficient (Wildman–Crippen LogP) is 4.07. The lowest BCUT2D eigenvalue weighted by atomic mass is 10.1. The third kappa shape index (κ3) is 4.39. The van der Waals surface area contributed by atoms with E-state index in [0.717, 1.165) is 18.8 Å². The van der Waals surface area contributed by atoms with Crippen LogP contribution >= 0.6 is 0 Å². The number of hydrogen-bond acceptors (Lipinski definition) is 2. The number of rotatable bonds is 6. The molecule has 0 radical (unpaired) electrons. The number of benzene rings is 2. The van der Waals surface area contributed by atoms with Gasteiger partial charge in [0.15, 0.2) is 0 Å². The Balaban J connectivity index is 1.84. The molecule has 0 amide bonds. The molecule has 1 N–H and O–H groups in total. The van der Waals surface area contributed by atoms with Crippen LogP contribution < -0.4 is 10.1 Å². The van der Waals surface area contributed by atoms with Gasteiger partial charge in [0.2, 0.25) is 0 Å². The van der Waals surface area contributed by atoms with E-state index in [4.69, 9.17) is 4.74 Å². The van der Waals surface area contributed by atoms with Crippen molar-refractivity contribution in [3.63, 3.8) is 0 Å². The highest BCUT2D eigenvalue weighted by atomic mass is 16.5. The van der Waals surface area contributed by atoms with Crippen LogP contribution in [0.25, 0.3) is 0 Å². The van der Waals surface area contributed by atoms with Crippen molar-refractivity contribution in [2.24, 2.45) is 0 Å². The lowest BCUT2D eigenvalue weighted by Gasteiger charge is -2.11. The van der Waals surface area contributed by atoms with Crippen LogP contribution in [-0.2, 0) is 13.1 Å². The van der Waals surface area contributed by atoms with Gasteiger partial charge in [0.25, 0.3) is 0 Å². The standard InChI is InChI=1S/C18H23NO/c1-14(2)20-18-10-8-16(9-11-18)12-19-13-17-7-5-4-6-15(17)3/h4-11,14,19H,12-13H2,1-3H3. The summed E-state index contributed by atoms with van der Waals surface area (Å²) in [5.74, 6) is 0.933. The first-order valence-corrected chi connectivity index (χ1v) is 7.16. The second-order valence-electron chi connectivity index (χ2n) is 5.34. The molecule has 0 unspecified atom stereocenters. The van der Waals surface area contributed by atoms with E-state index in [0.29, 0.717) is 0 Å². The van der Waals surface area contributed by atoms with E-state index in [1.165, 1.54) is 16.7 Å². The minimum absolute atomic E-state index is 0.222. The molecule has 106 valence electrons. The van der Waals surface area contributed by atoms with Gasteiger partial charge in [0.1, 0.15) is 5.75 Å². The SMILES string of the molecule is Cc1ccccc1CNCc1ccc(OC(C)C)cc1. The van der Waals surface area contributed by atoms with Gasteiger partial charge in [-0.2, -0.15) is 0 Å². The normalized spacial score (nSPS) is 10.8. The van der Waals surface area contributed by atoms with Crippen molar-refractivity contribution >= 4 is 0 Å². The van der Waals surface area contributed by atoms with Crippen LogP contribution in [0.15, 0.2) is 48.5 Å². The van der Waals surface area contributed by atoms with Crippen LogP contribution in [-0.4, -0.2) is 6.10 Å². The molecule has 2 rings (SSSR count). The van der Waals surface area contributed by atoms with Crippen LogP contribution in [0.1, 0.15) is 30.5 Å². The van der Waals surface area contributed by atoms with E-state index in [1.54, 1.807) is 0 Å². The van der Waals surface area contributed by atoms with Gasteiger partial charge in [-0.1, -0.05) is 36.4 Å². The van der Waals surface area contributed by atoms with Gasteiger partial charge in [-0.15, -0.1) is 0 Å². The van der Waals surface area contributed by atoms with Gasteiger partial charge in [0, 0.05) is 13.1 Å². The molecule has 0 aliphatic carbocycles. The summed E-state index contributed by atoms with van der Waals surface area (Å²) in [5, 5.41) is 3.48. The highest BCUT2D eigenvalue weighted by Crippen LogP contribution is 2.14. The Morgan fingerprint density at radius 3 is 2.30 bits per heavy atom. The molecule has 0 atom stereocenters. The molecule has 2 aromatic rings. The summed E-state index contributed by atoms with van der Waals surface area (Å²) in [6, 6.07) is 16.8. The number of ether oxygens (including phenoxy) is 1. The Bertz CT molecular complexity index is 531. The monoisotopic (exact) mass is 269 g/mol. The minimum atomic E-state index is 0.222. The fourth-order valence-electron chi connectivity index (χ4n) is 2.11. The quantitative estimate of drug-likeness (QED) is 0.853. The van der Waals surface area contributed by atoms with Crippen molar-refractivity contribution in [3.05, 3.63) is 65.2 Å². The molecular weight excluding hydrogens is 246 g/mol. The molecule has 20 heavy (non-hydrogen) atoms. The van der Waals surface area contributed by atoms with Crippen LogP contribution in [0.4, 0.5) is 0 Å². The summed E-state index contributed by atoms with van der Waals surface area (Å²) in [5.41, 5.74) is 3.96. The van der Waals surface area contributed by atoms with E-state index in [9.17, 15) is 0 Å². The number of hydrogen-bond donors (Lipinski definition) is 1. The van der Waals surface area contributed by atoms with E-state index in [1.807, 2.05) is 26.0 Å². The molecule has 0 aliphatic rings. The van der Waals surface area contributed by atoms with Crippen molar-refractivity contribution < 1.29 is 4.74 Å². The average Bonchev–Trinajstić information content (AvgIpc) is 2.42. The zero-order chi connectivity index (χ0) is 14.4. The van der Waals surface area contributed by atoms with E-state index in [2.05, 4.69) is 48.6 Å². The molecule has 0 spiro atoms. The topological polar surface area (TPSA) is 21.3 Å². The van der Waals surface area contributed by atoms with Crippen molar-refractivity contribution in [2.45, 2.75) is 40.0 Å². The lowest BCUT2D eigenvalue weighted by Crippen LogP contribution is -2.13. The molecule has 2 heteroatoms. The molecular formula is C18H23NO. The van der Waals surface area contributed by atoms with Crippen molar-refractivity contribution in [1.82, 2.24) is 5.32 Å². The first-order chi connectivity index (χ1) is 9.65. The Labute approximate surface area is 121 Å². The van der Waals surface area contributed by atoms with Gasteiger partial charge in [-0.3, -0.25) is 0 Å². The van der Waals surface area contributed by atoms with Crippen LogP contribution in [0.2, 0.25) is 0 Å². The summed E-state index contributed by atoms with van der Waals surface area (Å²) in [6.45, 7) is 8.00. The molecule has 0 saturated carbocycles. The summed E-state index contributed by atoms with van der Waals surface area (Å²) < 4.78 is 5.64. The number of aryl methyl sites for hydroxylation is 1. The van der Waals surface area contributed by atoms with Gasteiger partial charge >= 0.3 is 0 Å². The van der Waals surface area contributed by atoms with Gasteiger partial charge in [-0.25, -0.2) is 0 Å². The molecule has 2 aromatic carbocycles. The maximum atomic E-state index is 5.64. The van der Waals surface area contributed by atoms with Crippen LogP contribution in [0, 0.1) is 6.92 Å². The van der Waals surface area contributed by atoms with Gasteiger partial charge in [0.05, 0.1) is 6.10 Å². The Morgan fingerprint density at radius 1 is 0.950 bits per heavy atom. The van der Waals surface area contributed by atoms with E-state index >= 15 is 0 Å². The third-order valence-corrected chi connectivity index (χ3v) is 3.20. The molecule has 0 fully saturated rings. The largest absolute Gasteiger partial charge is 0.491 e. The molecule has 0 aliphatic heterocycles. The second kappa shape index (κ2) is 7.11. The molecule has 0 heterocycles. The Kier molecular flexibility index (Phi) is 5.19. The lowest BCUT2D eigenvalue weighted by molar-refractivity contribution is 0.242. The fourth-order valence-corrected chi connectivity index (χ4v) is 2.11. The first-order valence-electron chi connectivity index (χ1n) is 7.16. The maximum Gasteiger partial charge on any atom is 0.119 e. The second-order valence-corrected chi connectivity index (χ2v) is 5.34. The highest BCUT2D eigenvalue weighted by Gasteiger charge is 1.99. The maximum absolute atomic E-state index is 5.64. The van der Waals surface area contributed by atoms with Gasteiger partial charge in [-0.05, 0) is 49.6 Å². The van der Waals surface area contributed by atoms with E-state index < -0.39 is 0 Å². The zero-order valence-corrected chi connectivity index (χ0v) is 12.5. The minimum Gasteiger partial charge on any atom is -0.491 e. The highest BCUT2D eigenvalue weighted by molar-refractivity contribution is 5.28. The summed E-state index contributed by atoms with van der Waals surface area (Å²) in [7, 11) is 0. The smallest absolute Gasteiger partial charge is 0.119 e. The predicted molar refractivity (Wildman–Crippen MR) is 83.9 cm³/mol. The zero-order valence-electron chi connectivity index (χ0n) is 12.5. The summed E-state index contributed by atoms with van der Waals surface area (Å²) in [4.78, 5) is 0. The molecule has 0 bridgehead atoms. The molecule has 0 aromatic heterocycles. The summed E-state index contributed by atoms with van der Waals surface area (Å²) >= 11 is 0. The first kappa shape index (κ1) is 14.6. The van der Waals surface area contributed by atoms with Crippen molar-refractivity contribution in [1.29, 1.82) is 0 Å². The Morgan fingerprint density at radius 2 is 1.65 bits per heavy atom. The fraction of sp³-hybridized carbons (Fsp3) is 0.333. The molecule has 0 saturated heterocycles. The van der Waals surface area contributed by atoms with E-state index in [-0.39, 0.29) is 6.10 Å². The molecule has 2 nitrogen and oxygen atoms in total. The van der Waals surface area contributed by atoms with Crippen molar-refractivity contribution in [3.8, 4) is 5.75 Å². The third-order valence-electron chi connectivity index (χ3n) is 3.20. The number of nitrogens with one attached hydrogen (secondary N) is 1. The van der Waals surface area contributed by atoms with Crippen LogP contribution in [0.3, 0.4) is 0 Å².